The van der Waals surface area contributed by atoms with Gasteiger partial charge in [0.15, 0.2) is 0 Å². The minimum absolute atomic E-state index is 0.469. The van der Waals surface area contributed by atoms with E-state index in [2.05, 4.69) is 26.2 Å². The molecule has 5 heteroatoms. The van der Waals surface area contributed by atoms with Crippen LogP contribution in [0.3, 0.4) is 0 Å². The van der Waals surface area contributed by atoms with Crippen LogP contribution >= 0.6 is 27.5 Å². The van der Waals surface area contributed by atoms with Crippen LogP contribution < -0.4 is 11.1 Å². The van der Waals surface area contributed by atoms with Crippen molar-refractivity contribution in [3.05, 3.63) is 46.0 Å². The smallest absolute Gasteiger partial charge is 0.125 e. The van der Waals surface area contributed by atoms with Crippen LogP contribution in [0.1, 0.15) is 0 Å². The molecule has 16 heavy (non-hydrogen) atoms. The number of benzene rings is 1. The lowest BCUT2D eigenvalue weighted by Gasteiger charge is -2.08. The minimum atomic E-state index is 0.469. The number of nitrogens with two attached hydrogens (primary N) is 1. The Morgan fingerprint density at radius 3 is 2.81 bits per heavy atom. The molecule has 0 aliphatic carbocycles. The van der Waals surface area contributed by atoms with Crippen molar-refractivity contribution >= 4 is 44.7 Å². The summed E-state index contributed by atoms with van der Waals surface area (Å²) in [6.45, 7) is 0. The molecule has 2 rings (SSSR count). The molecule has 0 atom stereocenters. The highest BCUT2D eigenvalue weighted by Gasteiger charge is 2.01. The number of halogens is 2. The maximum Gasteiger partial charge on any atom is 0.125 e. The van der Waals surface area contributed by atoms with E-state index < -0.39 is 0 Å². The van der Waals surface area contributed by atoms with E-state index in [9.17, 15) is 0 Å². The quantitative estimate of drug-likeness (QED) is 0.886. The molecule has 0 radical (unpaired) electrons. The molecule has 0 bridgehead atoms. The first-order chi connectivity index (χ1) is 7.65. The lowest BCUT2D eigenvalue weighted by molar-refractivity contribution is 1.33. The normalized spacial score (nSPS) is 10.1. The Hall–Kier alpha value is -1.26. The van der Waals surface area contributed by atoms with Crippen molar-refractivity contribution in [2.24, 2.45) is 0 Å². The van der Waals surface area contributed by atoms with Crippen LogP contribution in [0.5, 0.6) is 0 Å². The van der Waals surface area contributed by atoms with Gasteiger partial charge in [-0.1, -0.05) is 27.5 Å². The van der Waals surface area contributed by atoms with Gasteiger partial charge in [0.1, 0.15) is 5.82 Å². The first-order valence-electron chi connectivity index (χ1n) is 4.59. The Morgan fingerprint density at radius 1 is 1.25 bits per heavy atom. The highest BCUT2D eigenvalue weighted by Crippen LogP contribution is 2.28. The van der Waals surface area contributed by atoms with Crippen molar-refractivity contribution in [1.29, 1.82) is 0 Å². The maximum atomic E-state index is 6.06. The number of aromatic nitrogens is 1. The van der Waals surface area contributed by atoms with Crippen LogP contribution in [0.2, 0.25) is 5.02 Å². The predicted octanol–water partition coefficient (Wildman–Crippen LogP) is 3.82. The summed E-state index contributed by atoms with van der Waals surface area (Å²) in [4.78, 5) is 3.92. The monoisotopic (exact) mass is 297 g/mol. The van der Waals surface area contributed by atoms with E-state index in [0.717, 1.165) is 15.8 Å². The third kappa shape index (κ3) is 2.65. The van der Waals surface area contributed by atoms with Gasteiger partial charge in [-0.3, -0.25) is 0 Å². The van der Waals surface area contributed by atoms with E-state index >= 15 is 0 Å². The molecule has 1 aromatic carbocycles. The Labute approximate surface area is 107 Å². The molecule has 3 nitrogen and oxygen atoms in total. The summed E-state index contributed by atoms with van der Waals surface area (Å²) in [5.74, 6) is 0.469. The molecule has 2 aromatic rings. The zero-order valence-electron chi connectivity index (χ0n) is 8.24. The van der Waals surface area contributed by atoms with Gasteiger partial charge < -0.3 is 11.1 Å². The molecule has 82 valence electrons. The summed E-state index contributed by atoms with van der Waals surface area (Å²) in [6, 6.07) is 9.18. The molecule has 0 aliphatic heterocycles. The number of rotatable bonds is 2. The van der Waals surface area contributed by atoms with E-state index in [1.165, 1.54) is 0 Å². The zero-order valence-corrected chi connectivity index (χ0v) is 10.6. The van der Waals surface area contributed by atoms with Crippen molar-refractivity contribution in [2.45, 2.75) is 0 Å². The van der Waals surface area contributed by atoms with Crippen molar-refractivity contribution < 1.29 is 0 Å². The molecular formula is C11H9BrClN3. The van der Waals surface area contributed by atoms with Crippen molar-refractivity contribution in [2.75, 3.05) is 11.1 Å². The first-order valence-corrected chi connectivity index (χ1v) is 5.76. The van der Waals surface area contributed by atoms with Crippen molar-refractivity contribution in [3.63, 3.8) is 0 Å². The standard InChI is InChI=1S/C11H9BrClN3/c12-7-1-2-9(13)10(5-7)16-8-3-4-15-11(14)6-8/h1-6H,(H3,14,15,16). The van der Waals surface area contributed by atoms with Crippen molar-refractivity contribution in [1.82, 2.24) is 4.98 Å². The van der Waals surface area contributed by atoms with Gasteiger partial charge in [0.05, 0.1) is 10.7 Å². The lowest BCUT2D eigenvalue weighted by atomic mass is 10.3. The van der Waals surface area contributed by atoms with E-state index in [-0.39, 0.29) is 0 Å². The molecule has 0 unspecified atom stereocenters. The van der Waals surface area contributed by atoms with Crippen LogP contribution in [0.15, 0.2) is 41.0 Å². The number of anilines is 3. The average Bonchev–Trinajstić information content (AvgIpc) is 2.24. The van der Waals surface area contributed by atoms with E-state index in [0.29, 0.717) is 10.8 Å². The number of pyridine rings is 1. The summed E-state index contributed by atoms with van der Waals surface area (Å²) >= 11 is 9.44. The zero-order chi connectivity index (χ0) is 11.5. The summed E-state index contributed by atoms with van der Waals surface area (Å²) < 4.78 is 0.960. The number of hydrogen-bond donors (Lipinski definition) is 2. The topological polar surface area (TPSA) is 50.9 Å². The molecule has 0 fully saturated rings. The SMILES string of the molecule is Nc1cc(Nc2cc(Br)ccc2Cl)ccn1. The largest absolute Gasteiger partial charge is 0.384 e. The fourth-order valence-corrected chi connectivity index (χ4v) is 1.80. The second-order valence-corrected chi connectivity index (χ2v) is 4.54. The average molecular weight is 299 g/mol. The Kier molecular flexibility index (Phi) is 3.31. The summed E-state index contributed by atoms with van der Waals surface area (Å²) in [5.41, 5.74) is 7.26. The number of nitrogen functional groups attached to an aromatic ring is 1. The molecule has 0 spiro atoms. The van der Waals surface area contributed by atoms with Crippen LogP contribution in [-0.2, 0) is 0 Å². The van der Waals surface area contributed by atoms with Crippen LogP contribution in [0.25, 0.3) is 0 Å². The van der Waals surface area contributed by atoms with Gasteiger partial charge >= 0.3 is 0 Å². The summed E-state index contributed by atoms with van der Waals surface area (Å²) in [5, 5.41) is 3.82. The molecule has 0 aliphatic rings. The van der Waals surface area contributed by atoms with Gasteiger partial charge in [-0.2, -0.15) is 0 Å². The van der Waals surface area contributed by atoms with Gasteiger partial charge in [0, 0.05) is 22.4 Å². The summed E-state index contributed by atoms with van der Waals surface area (Å²) in [6.07, 6.45) is 1.64. The second kappa shape index (κ2) is 4.72. The molecular weight excluding hydrogens is 289 g/mol. The molecule has 1 heterocycles. The maximum absolute atomic E-state index is 6.06. The molecule has 3 N–H and O–H groups in total. The predicted molar refractivity (Wildman–Crippen MR) is 71.1 cm³/mol. The number of hydrogen-bond acceptors (Lipinski definition) is 3. The fraction of sp³-hybridized carbons (Fsp3) is 0. The summed E-state index contributed by atoms with van der Waals surface area (Å²) in [7, 11) is 0. The Bertz CT molecular complexity index is 516. The van der Waals surface area contributed by atoms with Gasteiger partial charge in [-0.05, 0) is 24.3 Å². The van der Waals surface area contributed by atoms with Crippen LogP contribution in [0, 0.1) is 0 Å². The number of nitrogens with one attached hydrogen (secondary N) is 1. The fourth-order valence-electron chi connectivity index (χ4n) is 1.27. The third-order valence-electron chi connectivity index (χ3n) is 1.99. The van der Waals surface area contributed by atoms with E-state index in [1.807, 2.05) is 24.3 Å². The van der Waals surface area contributed by atoms with Gasteiger partial charge in [-0.15, -0.1) is 0 Å². The highest BCUT2D eigenvalue weighted by molar-refractivity contribution is 9.10. The minimum Gasteiger partial charge on any atom is -0.384 e. The van der Waals surface area contributed by atoms with Gasteiger partial charge in [0.25, 0.3) is 0 Å². The Balaban J connectivity index is 2.30. The van der Waals surface area contributed by atoms with E-state index in [4.69, 9.17) is 17.3 Å². The van der Waals surface area contributed by atoms with Crippen molar-refractivity contribution in [3.8, 4) is 0 Å². The molecule has 0 saturated heterocycles. The second-order valence-electron chi connectivity index (χ2n) is 3.22. The van der Waals surface area contributed by atoms with Crippen LogP contribution in [-0.4, -0.2) is 4.98 Å². The van der Waals surface area contributed by atoms with Crippen LogP contribution in [0.4, 0.5) is 17.2 Å². The third-order valence-corrected chi connectivity index (χ3v) is 2.81. The molecule has 1 aromatic heterocycles. The molecule has 0 amide bonds. The van der Waals surface area contributed by atoms with E-state index in [1.54, 1.807) is 12.3 Å². The first kappa shape index (κ1) is 11.2. The molecule has 0 saturated carbocycles. The van der Waals surface area contributed by atoms with Gasteiger partial charge in [0.2, 0.25) is 0 Å². The number of nitrogens with zero attached hydrogens (tertiary/aromatic N) is 1. The highest BCUT2D eigenvalue weighted by atomic mass is 79.9. The Morgan fingerprint density at radius 2 is 2.06 bits per heavy atom. The lowest BCUT2D eigenvalue weighted by Crippen LogP contribution is -1.94. The van der Waals surface area contributed by atoms with Gasteiger partial charge in [-0.25, -0.2) is 4.98 Å².